The van der Waals surface area contributed by atoms with Crippen molar-refractivity contribution in [3.63, 3.8) is 0 Å². The molecule has 2 N–H and O–H groups in total. The topological polar surface area (TPSA) is 56.0 Å². The number of benzene rings is 1. The van der Waals surface area contributed by atoms with E-state index in [0.29, 0.717) is 6.54 Å². The Labute approximate surface area is 107 Å². The van der Waals surface area contributed by atoms with E-state index < -0.39 is 0 Å². The summed E-state index contributed by atoms with van der Waals surface area (Å²) in [6.45, 7) is 2.61. The van der Waals surface area contributed by atoms with Gasteiger partial charge in [-0.2, -0.15) is 0 Å². The highest BCUT2D eigenvalue weighted by Crippen LogP contribution is 2.22. The predicted molar refractivity (Wildman–Crippen MR) is 73.5 cm³/mol. The smallest absolute Gasteiger partial charge is 0.166 e. The molecule has 1 unspecified atom stereocenters. The number of rotatable bonds is 5. The Morgan fingerprint density at radius 2 is 2.22 bits per heavy atom. The van der Waals surface area contributed by atoms with Crippen LogP contribution in [0.1, 0.15) is 30.1 Å². The predicted octanol–water partition coefficient (Wildman–Crippen LogP) is 2.79. The number of pyridine rings is 1. The van der Waals surface area contributed by atoms with E-state index in [1.54, 1.807) is 12.4 Å². The summed E-state index contributed by atoms with van der Waals surface area (Å²) < 4.78 is 0. The molecule has 18 heavy (non-hydrogen) atoms. The first-order valence-electron chi connectivity index (χ1n) is 6.31. The van der Waals surface area contributed by atoms with E-state index in [9.17, 15) is 4.79 Å². The molecule has 1 heterocycles. The Balaban J connectivity index is 2.33. The van der Waals surface area contributed by atoms with E-state index in [2.05, 4.69) is 4.98 Å². The van der Waals surface area contributed by atoms with Crippen LogP contribution in [0.3, 0.4) is 0 Å². The molecule has 1 atom stereocenters. The molecule has 0 saturated heterocycles. The summed E-state index contributed by atoms with van der Waals surface area (Å²) in [5, 5.41) is 1.99. The van der Waals surface area contributed by atoms with Crippen LogP contribution in [-0.2, 0) is 0 Å². The molecule has 2 rings (SSSR count). The van der Waals surface area contributed by atoms with Gasteiger partial charge < -0.3 is 5.73 Å². The molecule has 0 fully saturated rings. The van der Waals surface area contributed by atoms with Crippen molar-refractivity contribution in [1.29, 1.82) is 0 Å². The Hall–Kier alpha value is -1.74. The van der Waals surface area contributed by atoms with Gasteiger partial charge in [0.2, 0.25) is 0 Å². The monoisotopic (exact) mass is 242 g/mol. The molecule has 0 spiro atoms. The zero-order valence-electron chi connectivity index (χ0n) is 10.6. The first-order valence-corrected chi connectivity index (χ1v) is 6.31. The number of ketones is 1. The normalized spacial score (nSPS) is 12.6. The first-order chi connectivity index (χ1) is 8.74. The molecule has 0 aliphatic carbocycles. The maximum absolute atomic E-state index is 12.4. The highest BCUT2D eigenvalue weighted by molar-refractivity contribution is 6.08. The van der Waals surface area contributed by atoms with Gasteiger partial charge in [0.25, 0.3) is 0 Å². The molecule has 0 amide bonds. The number of fused-ring (bicyclic) bond motifs is 1. The minimum atomic E-state index is 0.0207. The highest BCUT2D eigenvalue weighted by atomic mass is 16.1. The van der Waals surface area contributed by atoms with E-state index in [4.69, 9.17) is 5.73 Å². The first kappa shape index (κ1) is 12.7. The van der Waals surface area contributed by atoms with Crippen LogP contribution in [0.15, 0.2) is 36.7 Å². The second-order valence-electron chi connectivity index (χ2n) is 4.60. The van der Waals surface area contributed by atoms with E-state index in [1.165, 1.54) is 0 Å². The van der Waals surface area contributed by atoms with Gasteiger partial charge in [-0.1, -0.05) is 25.1 Å². The van der Waals surface area contributed by atoms with Crippen LogP contribution in [0.4, 0.5) is 0 Å². The van der Waals surface area contributed by atoms with Crippen LogP contribution in [0.5, 0.6) is 0 Å². The summed E-state index contributed by atoms with van der Waals surface area (Å²) in [6.07, 6.45) is 5.25. The van der Waals surface area contributed by atoms with Crippen molar-refractivity contribution in [3.05, 3.63) is 42.2 Å². The third-order valence-electron chi connectivity index (χ3n) is 3.24. The standard InChI is InChI=1S/C15H18N2O/c1-11(4-3-8-16)15(18)14-6-2-5-12-10-17-9-7-13(12)14/h2,5-7,9-11H,3-4,8,16H2,1H3. The molecule has 0 aliphatic heterocycles. The summed E-state index contributed by atoms with van der Waals surface area (Å²) in [5.41, 5.74) is 6.28. The molecular weight excluding hydrogens is 224 g/mol. The lowest BCUT2D eigenvalue weighted by Crippen LogP contribution is -2.13. The number of aromatic nitrogens is 1. The van der Waals surface area contributed by atoms with E-state index in [-0.39, 0.29) is 11.7 Å². The fourth-order valence-corrected chi connectivity index (χ4v) is 2.16. The maximum atomic E-state index is 12.4. The van der Waals surface area contributed by atoms with Crippen LogP contribution >= 0.6 is 0 Å². The quantitative estimate of drug-likeness (QED) is 0.820. The molecule has 0 saturated carbocycles. The van der Waals surface area contributed by atoms with Crippen molar-refractivity contribution in [2.75, 3.05) is 6.54 Å². The van der Waals surface area contributed by atoms with Crippen LogP contribution < -0.4 is 5.73 Å². The Morgan fingerprint density at radius 1 is 1.39 bits per heavy atom. The van der Waals surface area contributed by atoms with E-state index in [1.807, 2.05) is 31.2 Å². The average molecular weight is 242 g/mol. The van der Waals surface area contributed by atoms with Gasteiger partial charge in [-0.15, -0.1) is 0 Å². The third-order valence-corrected chi connectivity index (χ3v) is 3.24. The van der Waals surface area contributed by atoms with Gasteiger partial charge >= 0.3 is 0 Å². The van der Waals surface area contributed by atoms with Gasteiger partial charge in [0, 0.05) is 29.3 Å². The fourth-order valence-electron chi connectivity index (χ4n) is 2.16. The lowest BCUT2D eigenvalue weighted by molar-refractivity contribution is 0.0925. The van der Waals surface area contributed by atoms with Gasteiger partial charge in [-0.3, -0.25) is 9.78 Å². The Morgan fingerprint density at radius 3 is 3.00 bits per heavy atom. The Bertz CT molecular complexity index is 546. The van der Waals surface area contributed by atoms with Gasteiger partial charge in [-0.05, 0) is 30.8 Å². The number of hydrogen-bond acceptors (Lipinski definition) is 3. The molecular formula is C15H18N2O. The van der Waals surface area contributed by atoms with Gasteiger partial charge in [0.1, 0.15) is 0 Å². The van der Waals surface area contributed by atoms with Crippen molar-refractivity contribution < 1.29 is 4.79 Å². The molecule has 1 aromatic carbocycles. The van der Waals surface area contributed by atoms with Crippen LogP contribution in [0.25, 0.3) is 10.8 Å². The van der Waals surface area contributed by atoms with Crippen molar-refractivity contribution >= 4 is 16.6 Å². The van der Waals surface area contributed by atoms with Crippen molar-refractivity contribution in [3.8, 4) is 0 Å². The highest BCUT2D eigenvalue weighted by Gasteiger charge is 2.16. The average Bonchev–Trinajstić information content (AvgIpc) is 2.43. The number of Topliss-reactive ketones (excluding diaryl/α,β-unsaturated/α-hetero) is 1. The number of hydrogen-bond donors (Lipinski definition) is 1. The van der Waals surface area contributed by atoms with Crippen LogP contribution in [0.2, 0.25) is 0 Å². The zero-order chi connectivity index (χ0) is 13.0. The minimum Gasteiger partial charge on any atom is -0.330 e. The molecule has 2 aromatic rings. The van der Waals surface area contributed by atoms with Gasteiger partial charge in [0.05, 0.1) is 0 Å². The molecule has 0 aliphatic rings. The molecule has 0 radical (unpaired) electrons. The molecule has 0 bridgehead atoms. The van der Waals surface area contributed by atoms with Gasteiger partial charge in [-0.25, -0.2) is 0 Å². The van der Waals surface area contributed by atoms with Crippen molar-refractivity contribution in [2.45, 2.75) is 19.8 Å². The van der Waals surface area contributed by atoms with Gasteiger partial charge in [0.15, 0.2) is 5.78 Å². The fraction of sp³-hybridized carbons (Fsp3) is 0.333. The lowest BCUT2D eigenvalue weighted by atomic mass is 9.92. The third kappa shape index (κ3) is 2.57. The number of carbonyl (C=O) groups is 1. The summed E-state index contributed by atoms with van der Waals surface area (Å²) in [5.74, 6) is 0.215. The Kier molecular flexibility index (Phi) is 4.05. The molecule has 3 heteroatoms. The number of nitrogens with zero attached hydrogens (tertiary/aromatic N) is 1. The van der Waals surface area contributed by atoms with Crippen molar-refractivity contribution in [2.24, 2.45) is 11.7 Å². The summed E-state index contributed by atoms with van der Waals surface area (Å²) >= 11 is 0. The SMILES string of the molecule is CC(CCCN)C(=O)c1cccc2cnccc12. The summed E-state index contributed by atoms with van der Waals surface area (Å²) in [6, 6.07) is 7.68. The minimum absolute atomic E-state index is 0.0207. The lowest BCUT2D eigenvalue weighted by Gasteiger charge is -2.11. The summed E-state index contributed by atoms with van der Waals surface area (Å²) in [4.78, 5) is 16.5. The zero-order valence-corrected chi connectivity index (χ0v) is 10.6. The second kappa shape index (κ2) is 5.74. The summed E-state index contributed by atoms with van der Waals surface area (Å²) in [7, 11) is 0. The van der Waals surface area contributed by atoms with Crippen LogP contribution in [-0.4, -0.2) is 17.3 Å². The second-order valence-corrected chi connectivity index (χ2v) is 4.60. The molecule has 1 aromatic heterocycles. The largest absolute Gasteiger partial charge is 0.330 e. The maximum Gasteiger partial charge on any atom is 0.166 e. The van der Waals surface area contributed by atoms with Crippen molar-refractivity contribution in [1.82, 2.24) is 4.98 Å². The van der Waals surface area contributed by atoms with E-state index >= 15 is 0 Å². The molecule has 94 valence electrons. The van der Waals surface area contributed by atoms with Crippen LogP contribution in [0, 0.1) is 5.92 Å². The van der Waals surface area contributed by atoms with E-state index in [0.717, 1.165) is 29.2 Å². The number of carbonyl (C=O) groups excluding carboxylic acids is 1. The number of nitrogens with two attached hydrogens (primary N) is 1. The molecule has 3 nitrogen and oxygen atoms in total.